The van der Waals surface area contributed by atoms with Crippen molar-refractivity contribution in [3.63, 3.8) is 0 Å². The van der Waals surface area contributed by atoms with E-state index < -0.39 is 22.5 Å². The van der Waals surface area contributed by atoms with Crippen LogP contribution < -0.4 is 14.5 Å². The lowest BCUT2D eigenvalue weighted by atomic mass is 10.2. The van der Waals surface area contributed by atoms with E-state index in [2.05, 4.69) is 10.5 Å². The molecule has 3 rings (SSSR count). The summed E-state index contributed by atoms with van der Waals surface area (Å²) in [6.07, 6.45) is 1.54. The first-order chi connectivity index (χ1) is 16.6. The molecule has 1 N–H and O–H groups in total. The van der Waals surface area contributed by atoms with Crippen molar-refractivity contribution >= 4 is 39.4 Å². The van der Waals surface area contributed by atoms with Crippen LogP contribution in [0.1, 0.15) is 30.5 Å². The molecule has 3 aromatic carbocycles. The average molecular weight is 514 g/mol. The smallest absolute Gasteiger partial charge is 0.264 e. The highest BCUT2D eigenvalue weighted by molar-refractivity contribution is 7.92. The lowest BCUT2D eigenvalue weighted by molar-refractivity contribution is -0.119. The highest BCUT2D eigenvalue weighted by atomic mass is 35.5. The summed E-state index contributed by atoms with van der Waals surface area (Å²) in [6, 6.07) is 18.5. The molecule has 0 saturated heterocycles. The number of carbonyl (C=O) groups is 1. The number of hydrogen-bond acceptors (Lipinski definition) is 5. The molecule has 0 fully saturated rings. The topological polar surface area (TPSA) is 88.1 Å². The zero-order valence-corrected chi connectivity index (χ0v) is 21.6. The SMILES string of the molecule is Cc1ccc(S(=O)(=O)N(CC(=O)N/N=C\c2ccc(OC(C)C)cc2)c2ccc(C)c(Cl)c2)cc1. The third-order valence-electron chi connectivity index (χ3n) is 4.99. The van der Waals surface area contributed by atoms with Gasteiger partial charge in [0, 0.05) is 5.02 Å². The van der Waals surface area contributed by atoms with E-state index >= 15 is 0 Å². The minimum atomic E-state index is -4.04. The third kappa shape index (κ3) is 7.07. The lowest BCUT2D eigenvalue weighted by Gasteiger charge is -2.24. The van der Waals surface area contributed by atoms with E-state index in [-0.39, 0.29) is 16.7 Å². The van der Waals surface area contributed by atoms with Gasteiger partial charge < -0.3 is 4.74 Å². The van der Waals surface area contributed by atoms with E-state index in [1.165, 1.54) is 24.4 Å². The molecule has 7 nitrogen and oxygen atoms in total. The van der Waals surface area contributed by atoms with E-state index in [1.54, 1.807) is 48.5 Å². The van der Waals surface area contributed by atoms with Gasteiger partial charge in [0.15, 0.2) is 0 Å². The first-order valence-corrected chi connectivity index (χ1v) is 12.8. The molecule has 0 saturated carbocycles. The molecule has 0 aliphatic carbocycles. The van der Waals surface area contributed by atoms with Crippen molar-refractivity contribution in [2.45, 2.75) is 38.7 Å². The summed E-state index contributed by atoms with van der Waals surface area (Å²) < 4.78 is 33.5. The normalized spacial score (nSPS) is 11.6. The molecule has 35 heavy (non-hydrogen) atoms. The van der Waals surface area contributed by atoms with Crippen LogP contribution >= 0.6 is 11.6 Å². The molecule has 3 aromatic rings. The summed E-state index contributed by atoms with van der Waals surface area (Å²) in [5, 5.41) is 4.36. The Bertz CT molecular complexity index is 1310. The summed E-state index contributed by atoms with van der Waals surface area (Å²) in [6.45, 7) is 7.09. The number of hydrazone groups is 1. The van der Waals surface area contributed by atoms with Crippen molar-refractivity contribution in [1.82, 2.24) is 5.43 Å². The predicted octanol–water partition coefficient (Wildman–Crippen LogP) is 5.09. The number of nitrogens with zero attached hydrogens (tertiary/aromatic N) is 2. The molecule has 0 unspecified atom stereocenters. The van der Waals surface area contributed by atoms with Crippen LogP contribution in [0, 0.1) is 13.8 Å². The quantitative estimate of drug-likeness (QED) is 0.319. The van der Waals surface area contributed by atoms with Gasteiger partial charge >= 0.3 is 0 Å². The number of hydrogen-bond donors (Lipinski definition) is 1. The Labute approximate surface area is 211 Å². The second-order valence-corrected chi connectivity index (χ2v) is 10.6. The Morgan fingerprint density at radius 2 is 1.71 bits per heavy atom. The Kier molecular flexibility index (Phi) is 8.53. The maximum Gasteiger partial charge on any atom is 0.264 e. The van der Waals surface area contributed by atoms with Crippen LogP contribution in [0.15, 0.2) is 76.7 Å². The Morgan fingerprint density at radius 3 is 2.31 bits per heavy atom. The molecule has 0 bridgehead atoms. The van der Waals surface area contributed by atoms with Gasteiger partial charge in [0.1, 0.15) is 12.3 Å². The molecule has 9 heteroatoms. The highest BCUT2D eigenvalue weighted by Crippen LogP contribution is 2.28. The van der Waals surface area contributed by atoms with Crippen LogP contribution in [0.5, 0.6) is 5.75 Å². The van der Waals surface area contributed by atoms with Crippen molar-refractivity contribution in [2.75, 3.05) is 10.8 Å². The number of halogens is 1. The van der Waals surface area contributed by atoms with Gasteiger partial charge in [-0.15, -0.1) is 0 Å². The fourth-order valence-corrected chi connectivity index (χ4v) is 4.73. The number of ether oxygens (including phenoxy) is 1. The van der Waals surface area contributed by atoms with E-state index in [9.17, 15) is 13.2 Å². The van der Waals surface area contributed by atoms with E-state index in [1.807, 2.05) is 27.7 Å². The summed E-state index contributed by atoms with van der Waals surface area (Å²) in [7, 11) is -4.04. The number of aryl methyl sites for hydroxylation is 2. The minimum Gasteiger partial charge on any atom is -0.491 e. The summed E-state index contributed by atoms with van der Waals surface area (Å²) in [5.74, 6) is 0.128. The number of sulfonamides is 1. The van der Waals surface area contributed by atoms with E-state index in [0.717, 1.165) is 26.7 Å². The number of nitrogens with one attached hydrogen (secondary N) is 1. The fraction of sp³-hybridized carbons (Fsp3) is 0.231. The van der Waals surface area contributed by atoms with Crippen LogP contribution in [-0.2, 0) is 14.8 Å². The fourth-order valence-electron chi connectivity index (χ4n) is 3.14. The number of rotatable bonds is 9. The number of amides is 1. The summed E-state index contributed by atoms with van der Waals surface area (Å²) >= 11 is 6.25. The Hall–Kier alpha value is -3.36. The molecule has 0 atom stereocenters. The van der Waals surface area contributed by atoms with E-state index in [4.69, 9.17) is 16.3 Å². The molecule has 0 heterocycles. The number of carbonyl (C=O) groups excluding carboxylic acids is 1. The lowest BCUT2D eigenvalue weighted by Crippen LogP contribution is -2.39. The van der Waals surface area contributed by atoms with Gasteiger partial charge in [0.2, 0.25) is 0 Å². The maximum atomic E-state index is 13.4. The van der Waals surface area contributed by atoms with Crippen LogP contribution in [0.4, 0.5) is 5.69 Å². The van der Waals surface area contributed by atoms with Gasteiger partial charge in [-0.3, -0.25) is 9.10 Å². The molecule has 0 spiro atoms. The zero-order chi connectivity index (χ0) is 25.6. The molecular formula is C26H28ClN3O4S. The zero-order valence-electron chi connectivity index (χ0n) is 20.0. The second-order valence-electron chi connectivity index (χ2n) is 8.29. The van der Waals surface area contributed by atoms with Gasteiger partial charge in [-0.25, -0.2) is 13.8 Å². The largest absolute Gasteiger partial charge is 0.491 e. The third-order valence-corrected chi connectivity index (χ3v) is 7.19. The van der Waals surface area contributed by atoms with Gasteiger partial charge in [0.25, 0.3) is 15.9 Å². The molecule has 1 amide bonds. The summed E-state index contributed by atoms with van der Waals surface area (Å²) in [4.78, 5) is 12.8. The van der Waals surface area contributed by atoms with Gasteiger partial charge in [-0.05, 0) is 87.4 Å². The predicted molar refractivity (Wildman–Crippen MR) is 140 cm³/mol. The Balaban J connectivity index is 1.79. The molecule has 0 aliphatic heterocycles. The molecular weight excluding hydrogens is 486 g/mol. The van der Waals surface area contributed by atoms with Crippen LogP contribution in [0.25, 0.3) is 0 Å². The number of anilines is 1. The average Bonchev–Trinajstić information content (AvgIpc) is 2.80. The van der Waals surface area contributed by atoms with Crippen LogP contribution in [0.2, 0.25) is 5.02 Å². The van der Waals surface area contributed by atoms with Crippen molar-refractivity contribution in [1.29, 1.82) is 0 Å². The molecule has 0 radical (unpaired) electrons. The maximum absolute atomic E-state index is 13.4. The standard InChI is InChI=1S/C26H28ClN3O4S/c1-18(2)34-23-11-8-21(9-12-23)16-28-29-26(31)17-30(22-10-7-20(4)25(27)15-22)35(32,33)24-13-5-19(3)6-14-24/h5-16,18H,17H2,1-4H3,(H,29,31)/b28-16-. The second kappa shape index (κ2) is 11.4. The van der Waals surface area contributed by atoms with E-state index in [0.29, 0.717) is 5.02 Å². The van der Waals surface area contributed by atoms with Crippen LogP contribution in [0.3, 0.4) is 0 Å². The first kappa shape index (κ1) is 26.2. The number of benzene rings is 3. The summed E-state index contributed by atoms with van der Waals surface area (Å²) in [5.41, 5.74) is 5.14. The molecule has 184 valence electrons. The Morgan fingerprint density at radius 1 is 1.06 bits per heavy atom. The van der Waals surface area contributed by atoms with Crippen molar-refractivity contribution in [2.24, 2.45) is 5.10 Å². The molecule has 0 aliphatic rings. The minimum absolute atomic E-state index is 0.0661. The van der Waals surface area contributed by atoms with Crippen molar-refractivity contribution in [3.05, 3.63) is 88.4 Å². The van der Waals surface area contributed by atoms with Gasteiger partial charge in [-0.2, -0.15) is 5.10 Å². The van der Waals surface area contributed by atoms with Crippen LogP contribution in [-0.4, -0.2) is 33.2 Å². The monoisotopic (exact) mass is 513 g/mol. The molecule has 0 aromatic heterocycles. The highest BCUT2D eigenvalue weighted by Gasteiger charge is 2.27. The van der Waals surface area contributed by atoms with Crippen molar-refractivity contribution in [3.8, 4) is 5.75 Å². The first-order valence-electron chi connectivity index (χ1n) is 11.0. The van der Waals surface area contributed by atoms with Gasteiger partial charge in [0.05, 0.1) is 22.9 Å². The van der Waals surface area contributed by atoms with Gasteiger partial charge in [-0.1, -0.05) is 35.4 Å². The van der Waals surface area contributed by atoms with Crippen molar-refractivity contribution < 1.29 is 17.9 Å².